The van der Waals surface area contributed by atoms with E-state index in [0.717, 1.165) is 55.3 Å². The zero-order chi connectivity index (χ0) is 22.2. The summed E-state index contributed by atoms with van der Waals surface area (Å²) in [7, 11) is 0. The number of rotatable bonds is 9. The molecule has 0 amide bonds. The van der Waals surface area contributed by atoms with Crippen molar-refractivity contribution < 1.29 is 0 Å². The smallest absolute Gasteiger partial charge is 0.128 e. The van der Waals surface area contributed by atoms with Gasteiger partial charge >= 0.3 is 0 Å². The van der Waals surface area contributed by atoms with Crippen LogP contribution in [0.5, 0.6) is 0 Å². The average Bonchev–Trinajstić information content (AvgIpc) is 3.46. The van der Waals surface area contributed by atoms with Gasteiger partial charge in [0, 0.05) is 0 Å². The van der Waals surface area contributed by atoms with E-state index < -0.39 is 0 Å². The summed E-state index contributed by atoms with van der Waals surface area (Å²) in [6.45, 7) is 0. The third kappa shape index (κ3) is 5.23. The maximum absolute atomic E-state index is 9.62. The molecule has 4 nitrogen and oxygen atoms in total. The lowest BCUT2D eigenvalue weighted by atomic mass is 10.1. The fourth-order valence-electron chi connectivity index (χ4n) is 3.06. The Labute approximate surface area is 204 Å². The van der Waals surface area contributed by atoms with E-state index in [-0.39, 0.29) is 0 Å². The second kappa shape index (κ2) is 11.3. The Morgan fingerprint density at radius 1 is 0.656 bits per heavy atom. The third-order valence-electron chi connectivity index (χ3n) is 4.63. The molecule has 8 heteroatoms. The molecule has 0 radical (unpaired) electrons. The van der Waals surface area contributed by atoms with Crippen LogP contribution >= 0.6 is 46.6 Å². The summed E-state index contributed by atoms with van der Waals surface area (Å²) in [4.78, 5) is 1.88. The highest BCUT2D eigenvalue weighted by Crippen LogP contribution is 2.36. The van der Waals surface area contributed by atoms with Gasteiger partial charge in [0.25, 0.3) is 0 Å². The van der Waals surface area contributed by atoms with Gasteiger partial charge in [0.05, 0.1) is 9.75 Å². The van der Waals surface area contributed by atoms with E-state index in [2.05, 4.69) is 20.9 Å². The number of thioether (sulfide) groups is 2. The first-order valence-electron chi connectivity index (χ1n) is 9.97. The number of aromatic nitrogens is 2. The second-order valence-corrected chi connectivity index (χ2v) is 10.5. The lowest BCUT2D eigenvalue weighted by Gasteiger charge is -2.01. The minimum absolute atomic E-state index is 0.676. The van der Waals surface area contributed by atoms with Gasteiger partial charge in [-0.05, 0) is 58.5 Å². The molecule has 32 heavy (non-hydrogen) atoms. The molecule has 4 aromatic rings. The quantitative estimate of drug-likeness (QED) is 0.180. The van der Waals surface area contributed by atoms with E-state index in [1.165, 1.54) is 23.1 Å². The van der Waals surface area contributed by atoms with Gasteiger partial charge in [0.1, 0.15) is 33.3 Å². The number of hydrogen-bond acceptors (Lipinski definition) is 8. The lowest BCUT2D eigenvalue weighted by Crippen LogP contribution is -1.88. The van der Waals surface area contributed by atoms with Crippen LogP contribution in [0.2, 0.25) is 0 Å². The molecule has 0 aliphatic rings. The van der Waals surface area contributed by atoms with Gasteiger partial charge in [0.15, 0.2) is 0 Å². The van der Waals surface area contributed by atoms with Gasteiger partial charge in [-0.2, -0.15) is 19.3 Å². The van der Waals surface area contributed by atoms with Crippen molar-refractivity contribution in [2.75, 3.05) is 11.5 Å². The monoisotopic (exact) mass is 490 g/mol. The second-order valence-electron chi connectivity index (χ2n) is 6.74. The van der Waals surface area contributed by atoms with Crippen LogP contribution in [0.25, 0.3) is 20.9 Å². The zero-order valence-corrected chi connectivity index (χ0v) is 20.3. The highest BCUT2D eigenvalue weighted by atomic mass is 32.2. The molecule has 2 aromatic carbocycles. The highest BCUT2D eigenvalue weighted by molar-refractivity contribution is 7.99. The van der Waals surface area contributed by atoms with E-state index >= 15 is 0 Å². The molecular weight excluding hydrogens is 473 g/mol. The maximum Gasteiger partial charge on any atom is 0.128 e. The molecule has 0 saturated carbocycles. The SMILES string of the molecule is N#Cc1c(SCCCCSc2nsc(-c3ccccc3)c2C#N)nsc1-c1ccccc1. The largest absolute Gasteiger partial charge is 0.192 e. The summed E-state index contributed by atoms with van der Waals surface area (Å²) >= 11 is 6.07. The van der Waals surface area contributed by atoms with Crippen LogP contribution < -0.4 is 0 Å². The molecule has 0 fully saturated rings. The highest BCUT2D eigenvalue weighted by Gasteiger charge is 2.16. The summed E-state index contributed by atoms with van der Waals surface area (Å²) in [5, 5.41) is 20.9. The Balaban J connectivity index is 1.28. The molecular formula is C24H18N4S4. The molecule has 0 aliphatic carbocycles. The summed E-state index contributed by atoms with van der Waals surface area (Å²) < 4.78 is 9.03. The van der Waals surface area contributed by atoms with Crippen LogP contribution in [0.15, 0.2) is 70.7 Å². The van der Waals surface area contributed by atoms with Gasteiger partial charge in [-0.3, -0.25) is 0 Å². The fourth-order valence-corrected chi connectivity index (χ4v) is 6.98. The molecule has 2 aromatic heterocycles. The van der Waals surface area contributed by atoms with E-state index in [1.807, 2.05) is 60.7 Å². The van der Waals surface area contributed by atoms with Crippen LogP contribution in [-0.2, 0) is 0 Å². The van der Waals surface area contributed by atoms with Gasteiger partial charge in [-0.25, -0.2) is 0 Å². The molecule has 0 bridgehead atoms. The first kappa shape index (κ1) is 22.6. The predicted octanol–water partition coefficient (Wildman–Crippen LogP) is 7.34. The topological polar surface area (TPSA) is 73.4 Å². The van der Waals surface area contributed by atoms with E-state index in [1.54, 1.807) is 23.5 Å². The van der Waals surface area contributed by atoms with Crippen molar-refractivity contribution in [1.82, 2.24) is 8.75 Å². The van der Waals surface area contributed by atoms with E-state index in [4.69, 9.17) is 0 Å². The zero-order valence-electron chi connectivity index (χ0n) is 17.0. The Hall–Kier alpha value is -2.62. The van der Waals surface area contributed by atoms with Crippen molar-refractivity contribution in [3.05, 3.63) is 71.8 Å². The Morgan fingerprint density at radius 3 is 1.44 bits per heavy atom. The predicted molar refractivity (Wildman–Crippen MR) is 135 cm³/mol. The van der Waals surface area contributed by atoms with Crippen LogP contribution in [-0.4, -0.2) is 20.3 Å². The number of unbranched alkanes of at least 4 members (excludes halogenated alkanes) is 1. The lowest BCUT2D eigenvalue weighted by molar-refractivity contribution is 0.905. The standard InChI is InChI=1S/C24H18N4S4/c25-15-19-21(17-9-3-1-4-10-17)31-27-23(19)29-13-7-8-14-30-24-20(16-26)22(32-28-24)18-11-5-2-6-12-18/h1-6,9-12H,7-8,13-14H2. The van der Waals surface area contributed by atoms with Crippen molar-refractivity contribution in [3.8, 4) is 33.0 Å². The van der Waals surface area contributed by atoms with Gasteiger partial charge in [-0.1, -0.05) is 60.7 Å². The van der Waals surface area contributed by atoms with Crippen LogP contribution in [0.3, 0.4) is 0 Å². The van der Waals surface area contributed by atoms with Crippen LogP contribution in [0.1, 0.15) is 24.0 Å². The first-order valence-corrected chi connectivity index (χ1v) is 13.5. The van der Waals surface area contributed by atoms with Crippen molar-refractivity contribution in [2.45, 2.75) is 22.9 Å². The van der Waals surface area contributed by atoms with Crippen LogP contribution in [0, 0.1) is 22.7 Å². The Kier molecular flexibility index (Phi) is 7.97. The molecule has 4 rings (SSSR count). The molecule has 0 saturated heterocycles. The molecule has 0 unspecified atom stereocenters. The van der Waals surface area contributed by atoms with E-state index in [0.29, 0.717) is 11.1 Å². The first-order chi connectivity index (χ1) is 15.8. The maximum atomic E-state index is 9.62. The van der Waals surface area contributed by atoms with Gasteiger partial charge < -0.3 is 0 Å². The fraction of sp³-hybridized carbons (Fsp3) is 0.167. The van der Waals surface area contributed by atoms with Gasteiger partial charge in [0.2, 0.25) is 0 Å². The number of nitriles is 2. The summed E-state index contributed by atoms with van der Waals surface area (Å²) in [5.41, 5.74) is 3.43. The molecule has 0 atom stereocenters. The summed E-state index contributed by atoms with van der Waals surface area (Å²) in [6.07, 6.45) is 2.02. The molecule has 0 spiro atoms. The average molecular weight is 491 g/mol. The van der Waals surface area contributed by atoms with Gasteiger partial charge in [-0.15, -0.1) is 23.5 Å². The molecule has 2 heterocycles. The number of nitrogens with zero attached hydrogens (tertiary/aromatic N) is 4. The normalized spacial score (nSPS) is 10.6. The summed E-state index contributed by atoms with van der Waals surface area (Å²) in [6, 6.07) is 24.5. The number of hydrogen-bond donors (Lipinski definition) is 0. The minimum Gasteiger partial charge on any atom is -0.192 e. The van der Waals surface area contributed by atoms with Crippen molar-refractivity contribution in [2.24, 2.45) is 0 Å². The van der Waals surface area contributed by atoms with Crippen molar-refractivity contribution >= 4 is 46.6 Å². The Bertz CT molecular complexity index is 1150. The van der Waals surface area contributed by atoms with Crippen LogP contribution in [0.4, 0.5) is 0 Å². The van der Waals surface area contributed by atoms with Crippen molar-refractivity contribution in [3.63, 3.8) is 0 Å². The number of benzene rings is 2. The molecule has 0 N–H and O–H groups in total. The minimum atomic E-state index is 0.676. The molecule has 158 valence electrons. The van der Waals surface area contributed by atoms with Crippen molar-refractivity contribution in [1.29, 1.82) is 10.5 Å². The third-order valence-corrected chi connectivity index (χ3v) is 8.78. The van der Waals surface area contributed by atoms with E-state index in [9.17, 15) is 10.5 Å². The Morgan fingerprint density at radius 2 is 1.06 bits per heavy atom. The summed E-state index contributed by atoms with van der Waals surface area (Å²) in [5.74, 6) is 1.81. The molecule has 0 aliphatic heterocycles.